The molecule has 1 aliphatic rings. The number of rotatable bonds is 6. The molecule has 3 aromatic carbocycles. The fourth-order valence-electron chi connectivity index (χ4n) is 3.68. The molecule has 0 saturated heterocycles. The summed E-state index contributed by atoms with van der Waals surface area (Å²) >= 11 is 0. The molecule has 0 N–H and O–H groups in total. The highest BCUT2D eigenvalue weighted by molar-refractivity contribution is 6.03. The van der Waals surface area contributed by atoms with E-state index in [1.807, 2.05) is 0 Å². The largest absolute Gasteiger partial charge is 0.257 e. The van der Waals surface area contributed by atoms with E-state index < -0.39 is 0 Å². The van der Waals surface area contributed by atoms with E-state index in [4.69, 9.17) is 5.10 Å². The summed E-state index contributed by atoms with van der Waals surface area (Å²) < 4.78 is 0. The van der Waals surface area contributed by atoms with Gasteiger partial charge in [0.2, 0.25) is 0 Å². The summed E-state index contributed by atoms with van der Waals surface area (Å²) in [5, 5.41) is 7.19. The predicted molar refractivity (Wildman–Crippen MR) is 114 cm³/mol. The van der Waals surface area contributed by atoms with E-state index in [0.29, 0.717) is 0 Å². The SMILES string of the molecule is CCCCc1ccc(C2CC(c3ccccc3)=NN2c2ccccc2)cc1. The van der Waals surface area contributed by atoms with Crippen molar-refractivity contribution in [3.05, 3.63) is 102 Å². The van der Waals surface area contributed by atoms with Crippen molar-refractivity contribution in [2.24, 2.45) is 5.10 Å². The van der Waals surface area contributed by atoms with E-state index in [1.54, 1.807) is 0 Å². The Morgan fingerprint density at radius 2 is 1.52 bits per heavy atom. The Kier molecular flexibility index (Phi) is 5.34. The van der Waals surface area contributed by atoms with Crippen molar-refractivity contribution in [3.8, 4) is 0 Å². The summed E-state index contributed by atoms with van der Waals surface area (Å²) in [7, 11) is 0. The lowest BCUT2D eigenvalue weighted by Crippen LogP contribution is -2.18. The summed E-state index contributed by atoms with van der Waals surface area (Å²) in [5.74, 6) is 0. The Morgan fingerprint density at radius 1 is 0.852 bits per heavy atom. The van der Waals surface area contributed by atoms with Crippen LogP contribution >= 0.6 is 0 Å². The lowest BCUT2D eigenvalue weighted by molar-refractivity contribution is 0.707. The molecule has 3 aromatic rings. The van der Waals surface area contributed by atoms with Crippen LogP contribution in [0.4, 0.5) is 5.69 Å². The smallest absolute Gasteiger partial charge is 0.0831 e. The summed E-state index contributed by atoms with van der Waals surface area (Å²) in [6.45, 7) is 2.24. The molecule has 0 aromatic heterocycles. The standard InChI is InChI=1S/C25H26N2/c1-2-3-10-20-15-17-22(18-16-20)25-19-24(21-11-6-4-7-12-21)26-27(25)23-13-8-5-9-14-23/h4-9,11-18,25H,2-3,10,19H2,1H3. The zero-order valence-electron chi connectivity index (χ0n) is 15.9. The van der Waals surface area contributed by atoms with E-state index in [2.05, 4.69) is 96.9 Å². The molecule has 0 amide bonds. The minimum absolute atomic E-state index is 0.239. The Balaban J connectivity index is 1.64. The molecule has 1 unspecified atom stereocenters. The second-order valence-electron chi connectivity index (χ2n) is 7.16. The van der Waals surface area contributed by atoms with Crippen LogP contribution in [0.3, 0.4) is 0 Å². The van der Waals surface area contributed by atoms with Crippen LogP contribution < -0.4 is 5.01 Å². The molecule has 0 aliphatic carbocycles. The van der Waals surface area contributed by atoms with E-state index in [1.165, 1.54) is 29.5 Å². The number of benzene rings is 3. The minimum Gasteiger partial charge on any atom is -0.257 e. The van der Waals surface area contributed by atoms with Gasteiger partial charge in [-0.1, -0.05) is 86.1 Å². The molecule has 27 heavy (non-hydrogen) atoms. The normalized spacial score (nSPS) is 16.4. The fourth-order valence-corrected chi connectivity index (χ4v) is 3.68. The Hall–Kier alpha value is -2.87. The highest BCUT2D eigenvalue weighted by Crippen LogP contribution is 2.36. The fraction of sp³-hybridized carbons (Fsp3) is 0.240. The van der Waals surface area contributed by atoms with Gasteiger partial charge in [-0.25, -0.2) is 0 Å². The summed E-state index contributed by atoms with van der Waals surface area (Å²) in [5.41, 5.74) is 6.26. The van der Waals surface area contributed by atoms with Crippen LogP contribution in [-0.2, 0) is 6.42 Å². The number of para-hydroxylation sites is 1. The van der Waals surface area contributed by atoms with Gasteiger partial charge in [-0.05, 0) is 41.7 Å². The van der Waals surface area contributed by atoms with Crippen LogP contribution in [0.1, 0.15) is 48.9 Å². The van der Waals surface area contributed by atoms with Gasteiger partial charge >= 0.3 is 0 Å². The number of hydrogen-bond acceptors (Lipinski definition) is 2. The first kappa shape index (κ1) is 17.5. The number of nitrogens with zero attached hydrogens (tertiary/aromatic N) is 2. The van der Waals surface area contributed by atoms with Gasteiger partial charge in [0.05, 0.1) is 17.4 Å². The third-order valence-corrected chi connectivity index (χ3v) is 5.22. The van der Waals surface area contributed by atoms with Crippen LogP contribution in [0.15, 0.2) is 90.0 Å². The lowest BCUT2D eigenvalue weighted by atomic mass is 9.96. The van der Waals surface area contributed by atoms with E-state index in [9.17, 15) is 0 Å². The maximum absolute atomic E-state index is 5.01. The quantitative estimate of drug-likeness (QED) is 0.501. The van der Waals surface area contributed by atoms with E-state index >= 15 is 0 Å². The molecule has 2 heteroatoms. The molecule has 2 nitrogen and oxygen atoms in total. The van der Waals surface area contributed by atoms with Gasteiger partial charge in [0.1, 0.15) is 0 Å². The molecule has 0 radical (unpaired) electrons. The van der Waals surface area contributed by atoms with Crippen LogP contribution in [0.25, 0.3) is 0 Å². The highest BCUT2D eigenvalue weighted by atomic mass is 15.5. The van der Waals surface area contributed by atoms with Crippen molar-refractivity contribution in [1.29, 1.82) is 0 Å². The first-order valence-electron chi connectivity index (χ1n) is 9.91. The Morgan fingerprint density at radius 3 is 2.19 bits per heavy atom. The van der Waals surface area contributed by atoms with Gasteiger partial charge in [-0.2, -0.15) is 5.10 Å². The highest BCUT2D eigenvalue weighted by Gasteiger charge is 2.29. The van der Waals surface area contributed by atoms with Crippen molar-refractivity contribution < 1.29 is 0 Å². The average molecular weight is 354 g/mol. The molecule has 4 rings (SSSR count). The summed E-state index contributed by atoms with van der Waals surface area (Å²) in [4.78, 5) is 0. The first-order valence-corrected chi connectivity index (χ1v) is 9.91. The molecular formula is C25H26N2. The minimum atomic E-state index is 0.239. The maximum Gasteiger partial charge on any atom is 0.0831 e. The third kappa shape index (κ3) is 3.95. The summed E-state index contributed by atoms with van der Waals surface area (Å²) in [6, 6.07) is 30.4. The number of hydrogen-bond donors (Lipinski definition) is 0. The van der Waals surface area contributed by atoms with Crippen molar-refractivity contribution in [2.75, 3.05) is 5.01 Å². The molecule has 0 spiro atoms. The molecule has 0 bridgehead atoms. The van der Waals surface area contributed by atoms with E-state index in [0.717, 1.165) is 24.2 Å². The number of aryl methyl sites for hydroxylation is 1. The predicted octanol–water partition coefficient (Wildman–Crippen LogP) is 6.38. The second kappa shape index (κ2) is 8.22. The molecular weight excluding hydrogens is 328 g/mol. The molecule has 1 aliphatic heterocycles. The van der Waals surface area contributed by atoms with Gasteiger partial charge in [0.15, 0.2) is 0 Å². The average Bonchev–Trinajstić information content (AvgIpc) is 3.19. The molecule has 0 fully saturated rings. The van der Waals surface area contributed by atoms with E-state index in [-0.39, 0.29) is 6.04 Å². The van der Waals surface area contributed by atoms with Gasteiger partial charge in [0, 0.05) is 6.42 Å². The van der Waals surface area contributed by atoms with Crippen molar-refractivity contribution in [1.82, 2.24) is 0 Å². The number of anilines is 1. The molecule has 136 valence electrons. The van der Waals surface area contributed by atoms with Gasteiger partial charge in [-0.3, -0.25) is 5.01 Å². The zero-order valence-corrected chi connectivity index (χ0v) is 15.9. The number of unbranched alkanes of at least 4 members (excludes halogenated alkanes) is 1. The third-order valence-electron chi connectivity index (χ3n) is 5.22. The van der Waals surface area contributed by atoms with Crippen LogP contribution in [0.2, 0.25) is 0 Å². The molecule has 1 atom stereocenters. The molecule has 1 heterocycles. The van der Waals surface area contributed by atoms with Crippen LogP contribution in [0.5, 0.6) is 0 Å². The van der Waals surface area contributed by atoms with Gasteiger partial charge in [-0.15, -0.1) is 0 Å². The van der Waals surface area contributed by atoms with Crippen LogP contribution in [0, 0.1) is 0 Å². The number of hydrazone groups is 1. The Labute approximate surface area is 162 Å². The zero-order chi connectivity index (χ0) is 18.5. The van der Waals surface area contributed by atoms with Gasteiger partial charge in [0.25, 0.3) is 0 Å². The lowest BCUT2D eigenvalue weighted by Gasteiger charge is -2.24. The molecule has 0 saturated carbocycles. The summed E-state index contributed by atoms with van der Waals surface area (Å²) in [6.07, 6.45) is 4.57. The Bertz CT molecular complexity index is 883. The maximum atomic E-state index is 5.01. The van der Waals surface area contributed by atoms with Crippen molar-refractivity contribution in [2.45, 2.75) is 38.6 Å². The first-order chi connectivity index (χ1) is 13.3. The monoisotopic (exact) mass is 354 g/mol. The van der Waals surface area contributed by atoms with Crippen molar-refractivity contribution >= 4 is 11.4 Å². The second-order valence-corrected chi connectivity index (χ2v) is 7.16. The topological polar surface area (TPSA) is 15.6 Å². The van der Waals surface area contributed by atoms with Gasteiger partial charge < -0.3 is 0 Å². The van der Waals surface area contributed by atoms with Crippen molar-refractivity contribution in [3.63, 3.8) is 0 Å². The van der Waals surface area contributed by atoms with Crippen LogP contribution in [-0.4, -0.2) is 5.71 Å².